The van der Waals surface area contributed by atoms with Gasteiger partial charge < -0.3 is 4.74 Å². The molecule has 1 N–H and O–H groups in total. The quantitative estimate of drug-likeness (QED) is 0.614. The summed E-state index contributed by atoms with van der Waals surface area (Å²) >= 11 is 0. The van der Waals surface area contributed by atoms with Crippen LogP contribution in [-0.4, -0.2) is 18.1 Å². The molecule has 3 nitrogen and oxygen atoms in total. The molecule has 3 rings (SSSR count). The number of hydrogen-bond acceptors (Lipinski definition) is 3. The van der Waals surface area contributed by atoms with Crippen LogP contribution in [0.25, 0.3) is 0 Å². The molecule has 2 aliphatic rings. The number of carbonyl (C=O) groups is 1. The highest BCUT2D eigenvalue weighted by Crippen LogP contribution is 2.39. The summed E-state index contributed by atoms with van der Waals surface area (Å²) in [5.74, 6) is 0.634. The Morgan fingerprint density at radius 3 is 2.75 bits per heavy atom. The van der Waals surface area contributed by atoms with E-state index in [-0.39, 0.29) is 12.0 Å². The molecule has 0 spiro atoms. The molecule has 3 heteroatoms. The SMILES string of the molecule is O=C(OCc1ccccc1)C1NC1C1CC1. The third-order valence-electron chi connectivity index (χ3n) is 3.23. The molecular formula is C13H15NO2. The van der Waals surface area contributed by atoms with E-state index >= 15 is 0 Å². The van der Waals surface area contributed by atoms with Gasteiger partial charge in [0, 0.05) is 6.04 Å². The first-order valence-electron chi connectivity index (χ1n) is 5.81. The summed E-state index contributed by atoms with van der Waals surface area (Å²) in [6.45, 7) is 0.384. The fourth-order valence-corrected chi connectivity index (χ4v) is 2.05. The number of carbonyl (C=O) groups excluding carboxylic acids is 1. The zero-order valence-corrected chi connectivity index (χ0v) is 9.06. The molecule has 1 aliphatic heterocycles. The Labute approximate surface area is 94.8 Å². The van der Waals surface area contributed by atoms with Gasteiger partial charge in [0.2, 0.25) is 0 Å². The molecule has 84 valence electrons. The predicted octanol–water partition coefficient (Wildman–Crippen LogP) is 1.48. The number of esters is 1. The van der Waals surface area contributed by atoms with Crippen LogP contribution >= 0.6 is 0 Å². The minimum Gasteiger partial charge on any atom is -0.460 e. The molecule has 0 amide bonds. The monoisotopic (exact) mass is 217 g/mol. The fraction of sp³-hybridized carbons (Fsp3) is 0.462. The van der Waals surface area contributed by atoms with Crippen LogP contribution in [0.4, 0.5) is 0 Å². The van der Waals surface area contributed by atoms with Gasteiger partial charge in [-0.2, -0.15) is 0 Å². The lowest BCUT2D eigenvalue weighted by molar-refractivity contribution is -0.144. The van der Waals surface area contributed by atoms with E-state index < -0.39 is 0 Å². The Balaban J connectivity index is 1.47. The standard InChI is InChI=1S/C13H15NO2/c15-13(12-11(14-12)10-6-7-10)16-8-9-4-2-1-3-5-9/h1-5,10-12,14H,6-8H2. The lowest BCUT2D eigenvalue weighted by Crippen LogP contribution is -2.15. The van der Waals surface area contributed by atoms with Gasteiger partial charge in [0.25, 0.3) is 0 Å². The van der Waals surface area contributed by atoms with Gasteiger partial charge in [-0.15, -0.1) is 0 Å². The minimum atomic E-state index is -0.0965. The molecule has 2 fully saturated rings. The van der Waals surface area contributed by atoms with Crippen LogP contribution in [0, 0.1) is 5.92 Å². The molecule has 0 aromatic heterocycles. The largest absolute Gasteiger partial charge is 0.460 e. The summed E-state index contributed by atoms with van der Waals surface area (Å²) in [6.07, 6.45) is 2.53. The zero-order valence-electron chi connectivity index (χ0n) is 9.06. The van der Waals surface area contributed by atoms with Crippen LogP contribution in [0.2, 0.25) is 0 Å². The molecule has 1 aromatic rings. The van der Waals surface area contributed by atoms with Gasteiger partial charge in [0.15, 0.2) is 0 Å². The molecule has 1 aromatic carbocycles. The van der Waals surface area contributed by atoms with Crippen molar-refractivity contribution in [3.63, 3.8) is 0 Å². The second kappa shape index (κ2) is 3.91. The van der Waals surface area contributed by atoms with Crippen molar-refractivity contribution in [1.82, 2.24) is 5.32 Å². The molecule has 0 radical (unpaired) electrons. The fourth-order valence-electron chi connectivity index (χ4n) is 2.05. The van der Waals surface area contributed by atoms with Crippen LogP contribution < -0.4 is 5.32 Å². The van der Waals surface area contributed by atoms with E-state index in [4.69, 9.17) is 4.74 Å². The van der Waals surface area contributed by atoms with Crippen molar-refractivity contribution in [2.45, 2.75) is 31.5 Å². The van der Waals surface area contributed by atoms with Gasteiger partial charge in [0.1, 0.15) is 12.6 Å². The lowest BCUT2D eigenvalue weighted by Gasteiger charge is -2.03. The first kappa shape index (κ1) is 9.85. The van der Waals surface area contributed by atoms with Crippen LogP contribution in [0.15, 0.2) is 30.3 Å². The van der Waals surface area contributed by atoms with Gasteiger partial charge in [-0.3, -0.25) is 10.1 Å². The average Bonchev–Trinajstić information content (AvgIpc) is 3.18. The molecule has 1 heterocycles. The van der Waals surface area contributed by atoms with Crippen molar-refractivity contribution in [3.8, 4) is 0 Å². The Morgan fingerprint density at radius 2 is 2.06 bits per heavy atom. The molecule has 2 atom stereocenters. The first-order chi connectivity index (χ1) is 7.84. The number of hydrogen-bond donors (Lipinski definition) is 1. The third-order valence-corrected chi connectivity index (χ3v) is 3.23. The normalized spacial score (nSPS) is 27.5. The van der Waals surface area contributed by atoms with E-state index in [0.29, 0.717) is 12.6 Å². The smallest absolute Gasteiger partial charge is 0.325 e. The summed E-state index contributed by atoms with van der Waals surface area (Å²) in [6, 6.07) is 10.2. The summed E-state index contributed by atoms with van der Waals surface area (Å²) < 4.78 is 5.26. The molecule has 2 unspecified atom stereocenters. The minimum absolute atomic E-state index is 0.0313. The molecular weight excluding hydrogens is 202 g/mol. The summed E-state index contributed by atoms with van der Waals surface area (Å²) in [7, 11) is 0. The number of nitrogens with one attached hydrogen (secondary N) is 1. The Bertz CT molecular complexity index is 386. The Hall–Kier alpha value is -1.35. The van der Waals surface area contributed by atoms with E-state index in [1.54, 1.807) is 0 Å². The van der Waals surface area contributed by atoms with Crippen molar-refractivity contribution < 1.29 is 9.53 Å². The van der Waals surface area contributed by atoms with Gasteiger partial charge in [0.05, 0.1) is 0 Å². The maximum Gasteiger partial charge on any atom is 0.325 e. The molecule has 1 saturated carbocycles. The topological polar surface area (TPSA) is 48.2 Å². The van der Waals surface area contributed by atoms with Crippen LogP contribution in [0.3, 0.4) is 0 Å². The van der Waals surface area contributed by atoms with Crippen LogP contribution in [0.5, 0.6) is 0 Å². The average molecular weight is 217 g/mol. The van der Waals surface area contributed by atoms with E-state index in [2.05, 4.69) is 5.32 Å². The Kier molecular flexibility index (Phi) is 2.40. The van der Waals surface area contributed by atoms with Crippen LogP contribution in [-0.2, 0) is 16.1 Å². The zero-order chi connectivity index (χ0) is 11.0. The van der Waals surface area contributed by atoms with E-state index in [1.807, 2.05) is 30.3 Å². The van der Waals surface area contributed by atoms with Gasteiger partial charge in [-0.1, -0.05) is 30.3 Å². The maximum atomic E-state index is 11.6. The number of benzene rings is 1. The Morgan fingerprint density at radius 1 is 1.31 bits per heavy atom. The molecule has 16 heavy (non-hydrogen) atoms. The van der Waals surface area contributed by atoms with Crippen molar-refractivity contribution in [3.05, 3.63) is 35.9 Å². The maximum absolute atomic E-state index is 11.6. The first-order valence-corrected chi connectivity index (χ1v) is 5.81. The number of ether oxygens (including phenoxy) is 1. The second-order valence-corrected chi connectivity index (χ2v) is 4.60. The van der Waals surface area contributed by atoms with Crippen LogP contribution in [0.1, 0.15) is 18.4 Å². The van der Waals surface area contributed by atoms with E-state index in [9.17, 15) is 4.79 Å². The highest BCUT2D eigenvalue weighted by Gasteiger charge is 2.51. The van der Waals surface area contributed by atoms with Crippen molar-refractivity contribution in [2.24, 2.45) is 5.92 Å². The summed E-state index contributed by atoms with van der Waals surface area (Å²) in [4.78, 5) is 11.6. The summed E-state index contributed by atoms with van der Waals surface area (Å²) in [5, 5.41) is 3.19. The van der Waals surface area contributed by atoms with Crippen molar-refractivity contribution in [1.29, 1.82) is 0 Å². The number of rotatable bonds is 4. The molecule has 1 saturated heterocycles. The van der Waals surface area contributed by atoms with E-state index in [1.165, 1.54) is 12.8 Å². The lowest BCUT2D eigenvalue weighted by atomic mass is 10.2. The van der Waals surface area contributed by atoms with E-state index in [0.717, 1.165) is 11.5 Å². The van der Waals surface area contributed by atoms with Gasteiger partial charge in [-0.25, -0.2) is 0 Å². The van der Waals surface area contributed by atoms with Gasteiger partial charge in [-0.05, 0) is 24.3 Å². The molecule has 1 aliphatic carbocycles. The van der Waals surface area contributed by atoms with Gasteiger partial charge >= 0.3 is 5.97 Å². The summed E-state index contributed by atoms with van der Waals surface area (Å²) in [5.41, 5.74) is 1.04. The van der Waals surface area contributed by atoms with Crippen molar-refractivity contribution >= 4 is 5.97 Å². The highest BCUT2D eigenvalue weighted by atomic mass is 16.5. The van der Waals surface area contributed by atoms with Crippen molar-refractivity contribution in [2.75, 3.05) is 0 Å². The highest BCUT2D eigenvalue weighted by molar-refractivity contribution is 5.80. The predicted molar refractivity (Wildman–Crippen MR) is 59.7 cm³/mol. The molecule has 0 bridgehead atoms. The third kappa shape index (κ3) is 2.09. The second-order valence-electron chi connectivity index (χ2n) is 4.60.